The number of nitrogens with zero attached hydrogens (tertiary/aromatic N) is 2. The van der Waals surface area contributed by atoms with Crippen LogP contribution in [0.25, 0.3) is 33.4 Å². The number of aromatic amines is 1. The van der Waals surface area contributed by atoms with Gasteiger partial charge in [0, 0.05) is 23.5 Å². The van der Waals surface area contributed by atoms with Crippen molar-refractivity contribution < 1.29 is 4.74 Å². The first-order valence-electron chi connectivity index (χ1n) is 7.83. The van der Waals surface area contributed by atoms with Gasteiger partial charge < -0.3 is 9.72 Å². The summed E-state index contributed by atoms with van der Waals surface area (Å²) in [5.74, 6) is 1.28. The van der Waals surface area contributed by atoms with Gasteiger partial charge in [0.25, 0.3) is 5.56 Å². The van der Waals surface area contributed by atoms with Gasteiger partial charge in [-0.3, -0.25) is 9.78 Å². The molecule has 0 unspecified atom stereocenters. The van der Waals surface area contributed by atoms with Crippen LogP contribution in [0, 0.1) is 0 Å². The van der Waals surface area contributed by atoms with Crippen LogP contribution in [-0.4, -0.2) is 22.1 Å². The number of H-pyrrole nitrogens is 1. The summed E-state index contributed by atoms with van der Waals surface area (Å²) in [4.78, 5) is 24.0. The van der Waals surface area contributed by atoms with Gasteiger partial charge in [-0.15, -0.1) is 0 Å². The zero-order valence-electron chi connectivity index (χ0n) is 13.6. The van der Waals surface area contributed by atoms with Crippen molar-refractivity contribution in [3.63, 3.8) is 0 Å². The molecule has 0 atom stereocenters. The highest BCUT2D eigenvalue weighted by molar-refractivity contribution is 5.79. The summed E-state index contributed by atoms with van der Waals surface area (Å²) in [6.07, 6.45) is 3.47. The van der Waals surface area contributed by atoms with Crippen LogP contribution in [0.2, 0.25) is 0 Å². The molecule has 2 aromatic heterocycles. The molecule has 0 aliphatic carbocycles. The molecule has 0 radical (unpaired) electrons. The van der Waals surface area contributed by atoms with E-state index in [1.165, 1.54) is 0 Å². The molecule has 0 aliphatic heterocycles. The normalized spacial score (nSPS) is 10.8. The van der Waals surface area contributed by atoms with Gasteiger partial charge in [-0.2, -0.15) is 0 Å². The Kier molecular flexibility index (Phi) is 3.74. The predicted molar refractivity (Wildman–Crippen MR) is 97.6 cm³/mol. The molecule has 122 valence electrons. The second kappa shape index (κ2) is 6.20. The van der Waals surface area contributed by atoms with Gasteiger partial charge in [-0.1, -0.05) is 24.3 Å². The van der Waals surface area contributed by atoms with E-state index in [4.69, 9.17) is 4.74 Å². The number of benzene rings is 2. The second-order valence-electron chi connectivity index (χ2n) is 5.63. The van der Waals surface area contributed by atoms with Crippen LogP contribution in [0.15, 0.2) is 71.8 Å². The summed E-state index contributed by atoms with van der Waals surface area (Å²) >= 11 is 0. The lowest BCUT2D eigenvalue weighted by Gasteiger charge is -2.07. The molecule has 0 fully saturated rings. The summed E-state index contributed by atoms with van der Waals surface area (Å²) in [6, 6.07) is 17.0. The zero-order valence-corrected chi connectivity index (χ0v) is 13.6. The highest BCUT2D eigenvalue weighted by Gasteiger charge is 2.08. The number of pyridine rings is 1. The van der Waals surface area contributed by atoms with E-state index in [2.05, 4.69) is 15.0 Å². The average molecular weight is 329 g/mol. The van der Waals surface area contributed by atoms with Crippen LogP contribution in [0.5, 0.6) is 5.75 Å². The van der Waals surface area contributed by atoms with E-state index in [1.807, 2.05) is 48.5 Å². The second-order valence-corrected chi connectivity index (χ2v) is 5.63. The number of fused-ring (bicyclic) bond motifs is 1. The van der Waals surface area contributed by atoms with E-state index in [9.17, 15) is 4.79 Å². The molecule has 0 aliphatic rings. The number of hydrogen-bond acceptors (Lipinski definition) is 4. The average Bonchev–Trinajstić information content (AvgIpc) is 2.68. The molecule has 0 amide bonds. The predicted octanol–water partition coefficient (Wildman–Crippen LogP) is 3.66. The SMILES string of the molecule is COc1cccc(-c2cncc(-c3nc4ccccc4c(=O)[nH]3)c2)c1. The number of hydrogen-bond donors (Lipinski definition) is 1. The van der Waals surface area contributed by atoms with E-state index < -0.39 is 0 Å². The lowest BCUT2D eigenvalue weighted by molar-refractivity contribution is 0.415. The lowest BCUT2D eigenvalue weighted by atomic mass is 10.1. The first-order valence-corrected chi connectivity index (χ1v) is 7.83. The molecular weight excluding hydrogens is 314 g/mol. The molecular formula is C20H15N3O2. The van der Waals surface area contributed by atoms with Crippen LogP contribution < -0.4 is 10.3 Å². The highest BCUT2D eigenvalue weighted by Crippen LogP contribution is 2.26. The topological polar surface area (TPSA) is 67.9 Å². The van der Waals surface area contributed by atoms with Crippen LogP contribution in [0.3, 0.4) is 0 Å². The van der Waals surface area contributed by atoms with Crippen molar-refractivity contribution in [3.05, 3.63) is 77.3 Å². The van der Waals surface area contributed by atoms with Crippen molar-refractivity contribution in [2.24, 2.45) is 0 Å². The molecule has 4 rings (SSSR count). The maximum Gasteiger partial charge on any atom is 0.259 e. The number of rotatable bonds is 3. The number of ether oxygens (including phenoxy) is 1. The summed E-state index contributed by atoms with van der Waals surface area (Å²) < 4.78 is 5.27. The van der Waals surface area contributed by atoms with Crippen LogP contribution >= 0.6 is 0 Å². The molecule has 5 heteroatoms. The third kappa shape index (κ3) is 2.87. The fourth-order valence-corrected chi connectivity index (χ4v) is 2.75. The van der Waals surface area contributed by atoms with Gasteiger partial charge in [0.15, 0.2) is 0 Å². The zero-order chi connectivity index (χ0) is 17.2. The Morgan fingerprint density at radius 1 is 0.920 bits per heavy atom. The quantitative estimate of drug-likeness (QED) is 0.623. The van der Waals surface area contributed by atoms with Crippen LogP contribution in [-0.2, 0) is 0 Å². The van der Waals surface area contributed by atoms with Crippen molar-refractivity contribution in [2.45, 2.75) is 0 Å². The summed E-state index contributed by atoms with van der Waals surface area (Å²) in [5, 5.41) is 0.572. The fourth-order valence-electron chi connectivity index (χ4n) is 2.75. The molecule has 5 nitrogen and oxygen atoms in total. The summed E-state index contributed by atoms with van der Waals surface area (Å²) in [6.45, 7) is 0. The molecule has 25 heavy (non-hydrogen) atoms. The summed E-state index contributed by atoms with van der Waals surface area (Å²) in [5.41, 5.74) is 3.16. The third-order valence-electron chi connectivity index (χ3n) is 4.03. The number of methoxy groups -OCH3 is 1. The van der Waals surface area contributed by atoms with Crippen molar-refractivity contribution in [3.8, 4) is 28.3 Å². The molecule has 2 heterocycles. The fraction of sp³-hybridized carbons (Fsp3) is 0.0500. The van der Waals surface area contributed by atoms with Crippen LogP contribution in [0.1, 0.15) is 0 Å². The minimum atomic E-state index is -0.160. The summed E-state index contributed by atoms with van der Waals surface area (Å²) in [7, 11) is 1.64. The van der Waals surface area contributed by atoms with Gasteiger partial charge in [0.05, 0.1) is 18.0 Å². The highest BCUT2D eigenvalue weighted by atomic mass is 16.5. The van der Waals surface area contributed by atoms with Crippen molar-refractivity contribution in [2.75, 3.05) is 7.11 Å². The first-order chi connectivity index (χ1) is 12.2. The largest absolute Gasteiger partial charge is 0.497 e. The standard InChI is InChI=1S/C20H15N3O2/c1-25-16-6-4-5-13(10-16)14-9-15(12-21-11-14)19-22-18-8-3-2-7-17(18)20(24)23-19/h2-12H,1H3,(H,22,23,24). The third-order valence-corrected chi connectivity index (χ3v) is 4.03. The molecule has 1 N–H and O–H groups in total. The first kappa shape index (κ1) is 15.1. The Bertz CT molecular complexity index is 1120. The van der Waals surface area contributed by atoms with Crippen molar-refractivity contribution >= 4 is 10.9 Å². The minimum Gasteiger partial charge on any atom is -0.497 e. The lowest BCUT2D eigenvalue weighted by Crippen LogP contribution is -2.09. The molecule has 0 bridgehead atoms. The number of aromatic nitrogens is 3. The van der Waals surface area contributed by atoms with Crippen molar-refractivity contribution in [1.82, 2.24) is 15.0 Å². The van der Waals surface area contributed by atoms with Gasteiger partial charge in [0.2, 0.25) is 0 Å². The Morgan fingerprint density at radius 2 is 1.76 bits per heavy atom. The van der Waals surface area contributed by atoms with Gasteiger partial charge in [-0.25, -0.2) is 4.98 Å². The smallest absolute Gasteiger partial charge is 0.259 e. The van der Waals surface area contributed by atoms with E-state index in [1.54, 1.807) is 25.6 Å². The molecule has 4 aromatic rings. The number of para-hydroxylation sites is 1. The Morgan fingerprint density at radius 3 is 2.64 bits per heavy atom. The molecule has 0 saturated heterocycles. The van der Waals surface area contributed by atoms with E-state index >= 15 is 0 Å². The van der Waals surface area contributed by atoms with Gasteiger partial charge >= 0.3 is 0 Å². The maximum atomic E-state index is 12.3. The van der Waals surface area contributed by atoms with E-state index in [0.29, 0.717) is 16.7 Å². The number of nitrogens with one attached hydrogen (secondary N) is 1. The van der Waals surface area contributed by atoms with Gasteiger partial charge in [0.1, 0.15) is 11.6 Å². The van der Waals surface area contributed by atoms with E-state index in [0.717, 1.165) is 22.4 Å². The van der Waals surface area contributed by atoms with Crippen LogP contribution in [0.4, 0.5) is 0 Å². The van der Waals surface area contributed by atoms with Gasteiger partial charge in [-0.05, 0) is 35.9 Å². The Hall–Kier alpha value is -3.47. The Labute approximate surface area is 144 Å². The minimum absolute atomic E-state index is 0.160. The Balaban J connectivity index is 1.83. The van der Waals surface area contributed by atoms with E-state index in [-0.39, 0.29) is 5.56 Å². The molecule has 0 spiro atoms. The maximum absolute atomic E-state index is 12.3. The molecule has 0 saturated carbocycles. The van der Waals surface area contributed by atoms with Crippen molar-refractivity contribution in [1.29, 1.82) is 0 Å². The monoisotopic (exact) mass is 329 g/mol. The molecule has 2 aromatic carbocycles.